The Bertz CT molecular complexity index is 344. The van der Waals surface area contributed by atoms with Crippen LogP contribution >= 0.6 is 11.8 Å². The Balaban J connectivity index is 2.48. The third kappa shape index (κ3) is 8.30. The van der Waals surface area contributed by atoms with Crippen LogP contribution in [0.25, 0.3) is 0 Å². The van der Waals surface area contributed by atoms with E-state index in [0.29, 0.717) is 6.04 Å². The fraction of sp³-hybridized carbons (Fsp3) is 0.625. The summed E-state index contributed by atoms with van der Waals surface area (Å²) in [5, 5.41) is 3.73. The molecule has 0 aliphatic carbocycles. The highest BCUT2D eigenvalue weighted by atomic mass is 32.2. The van der Waals surface area contributed by atoms with Crippen molar-refractivity contribution in [1.29, 1.82) is 0 Å². The molecule has 0 aromatic heterocycles. The van der Waals surface area contributed by atoms with Crippen LogP contribution in [0.3, 0.4) is 0 Å². The summed E-state index contributed by atoms with van der Waals surface area (Å²) in [6, 6.07) is 11.2. The molecule has 3 heteroatoms. The Morgan fingerprint density at radius 3 is 2.32 bits per heavy atom. The summed E-state index contributed by atoms with van der Waals surface area (Å²) in [7, 11) is 4.27. The lowest BCUT2D eigenvalue weighted by Gasteiger charge is -2.29. The predicted molar refractivity (Wildman–Crippen MR) is 87.0 cm³/mol. The highest BCUT2D eigenvalue weighted by Crippen LogP contribution is 2.20. The molecule has 2 nitrogen and oxygen atoms in total. The van der Waals surface area contributed by atoms with Gasteiger partial charge in [-0.15, -0.1) is 11.8 Å². The number of nitrogens with zero attached hydrogens (tertiary/aromatic N) is 1. The second-order valence-electron chi connectivity index (χ2n) is 6.31. The maximum Gasteiger partial charge on any atom is 0.0178 e. The van der Waals surface area contributed by atoms with E-state index in [9.17, 15) is 0 Å². The number of benzene rings is 1. The first kappa shape index (κ1) is 16.5. The zero-order valence-corrected chi connectivity index (χ0v) is 13.8. The Morgan fingerprint density at radius 1 is 1.16 bits per heavy atom. The predicted octanol–water partition coefficient (Wildman–Crippen LogP) is 3.49. The molecule has 108 valence electrons. The molecule has 0 aliphatic heterocycles. The number of hydrogen-bond acceptors (Lipinski definition) is 3. The van der Waals surface area contributed by atoms with Crippen LogP contribution in [-0.2, 0) is 0 Å². The third-order valence-electron chi connectivity index (χ3n) is 2.76. The van der Waals surface area contributed by atoms with Crippen LogP contribution in [0.5, 0.6) is 0 Å². The van der Waals surface area contributed by atoms with Gasteiger partial charge in [-0.3, -0.25) is 0 Å². The maximum absolute atomic E-state index is 3.73. The molecular weight excluding hydrogens is 252 g/mol. The minimum absolute atomic E-state index is 0.175. The van der Waals surface area contributed by atoms with Gasteiger partial charge in [0.2, 0.25) is 0 Å². The topological polar surface area (TPSA) is 15.3 Å². The van der Waals surface area contributed by atoms with Crippen molar-refractivity contribution >= 4 is 11.8 Å². The van der Waals surface area contributed by atoms with Gasteiger partial charge in [0.05, 0.1) is 0 Å². The summed E-state index contributed by atoms with van der Waals surface area (Å²) < 4.78 is 0. The molecule has 0 amide bonds. The van der Waals surface area contributed by atoms with Crippen LogP contribution in [0.15, 0.2) is 35.2 Å². The standard InChI is InChI=1S/C16H28N2S/c1-16(2,3)17-14(11-12-18(4)5)13-19-15-9-7-6-8-10-15/h6-10,14,17H,11-13H2,1-5H3/t14-/m1/s1. The average Bonchev–Trinajstić information content (AvgIpc) is 2.32. The Morgan fingerprint density at radius 2 is 1.79 bits per heavy atom. The van der Waals surface area contributed by atoms with E-state index in [-0.39, 0.29) is 5.54 Å². The van der Waals surface area contributed by atoms with Crippen molar-refractivity contribution in [3.8, 4) is 0 Å². The number of hydrogen-bond donors (Lipinski definition) is 1. The fourth-order valence-corrected chi connectivity index (χ4v) is 2.93. The van der Waals surface area contributed by atoms with Crippen molar-refractivity contribution in [1.82, 2.24) is 10.2 Å². The Labute approximate surface area is 123 Å². The first-order valence-corrected chi connectivity index (χ1v) is 7.95. The lowest BCUT2D eigenvalue weighted by atomic mass is 10.1. The summed E-state index contributed by atoms with van der Waals surface area (Å²) in [4.78, 5) is 3.61. The number of thioether (sulfide) groups is 1. The normalized spacial score (nSPS) is 13.8. The molecule has 0 saturated heterocycles. The first-order valence-electron chi connectivity index (χ1n) is 6.97. The zero-order valence-electron chi connectivity index (χ0n) is 12.9. The van der Waals surface area contributed by atoms with Crippen molar-refractivity contribution in [2.75, 3.05) is 26.4 Å². The van der Waals surface area contributed by atoms with Crippen molar-refractivity contribution in [3.05, 3.63) is 30.3 Å². The number of rotatable bonds is 7. The van der Waals surface area contributed by atoms with E-state index in [2.05, 4.69) is 75.4 Å². The maximum atomic E-state index is 3.73. The molecule has 1 aromatic carbocycles. The molecule has 0 radical (unpaired) electrons. The van der Waals surface area contributed by atoms with E-state index in [1.807, 2.05) is 11.8 Å². The monoisotopic (exact) mass is 280 g/mol. The summed E-state index contributed by atoms with van der Waals surface area (Å²) >= 11 is 1.94. The minimum Gasteiger partial charge on any atom is -0.309 e. The zero-order chi connectivity index (χ0) is 14.3. The van der Waals surface area contributed by atoms with E-state index < -0.39 is 0 Å². The molecule has 0 bridgehead atoms. The molecule has 0 saturated carbocycles. The molecule has 1 aromatic rings. The van der Waals surface area contributed by atoms with Crippen LogP contribution in [-0.4, -0.2) is 42.9 Å². The molecule has 0 fully saturated rings. The summed E-state index contributed by atoms with van der Waals surface area (Å²) in [5.74, 6) is 1.12. The van der Waals surface area contributed by atoms with Crippen LogP contribution in [0.1, 0.15) is 27.2 Å². The minimum atomic E-state index is 0.175. The second kappa shape index (κ2) is 7.93. The van der Waals surface area contributed by atoms with Gasteiger partial charge in [-0.05, 0) is 60.0 Å². The summed E-state index contributed by atoms with van der Waals surface area (Å²) in [6.07, 6.45) is 1.18. The van der Waals surface area contributed by atoms with E-state index in [1.165, 1.54) is 11.3 Å². The summed E-state index contributed by atoms with van der Waals surface area (Å²) in [5.41, 5.74) is 0.175. The molecule has 1 atom stereocenters. The fourth-order valence-electron chi connectivity index (χ4n) is 1.94. The SMILES string of the molecule is CN(C)CC[C@H](CSc1ccccc1)NC(C)(C)C. The van der Waals surface area contributed by atoms with Gasteiger partial charge >= 0.3 is 0 Å². The molecular formula is C16H28N2S. The van der Waals surface area contributed by atoms with Gasteiger partial charge in [-0.2, -0.15) is 0 Å². The van der Waals surface area contributed by atoms with Gasteiger partial charge in [0, 0.05) is 22.2 Å². The third-order valence-corrected chi connectivity index (χ3v) is 3.93. The van der Waals surface area contributed by atoms with Crippen LogP contribution in [0.2, 0.25) is 0 Å². The molecule has 1 rings (SSSR count). The van der Waals surface area contributed by atoms with Crippen molar-refractivity contribution in [2.24, 2.45) is 0 Å². The van der Waals surface area contributed by atoms with E-state index in [1.54, 1.807) is 0 Å². The molecule has 1 N–H and O–H groups in total. The smallest absolute Gasteiger partial charge is 0.0178 e. The van der Waals surface area contributed by atoms with E-state index in [0.717, 1.165) is 12.3 Å². The molecule has 0 aliphatic rings. The van der Waals surface area contributed by atoms with Crippen molar-refractivity contribution in [2.45, 2.75) is 43.7 Å². The van der Waals surface area contributed by atoms with Crippen LogP contribution in [0.4, 0.5) is 0 Å². The highest BCUT2D eigenvalue weighted by molar-refractivity contribution is 7.99. The Kier molecular flexibility index (Phi) is 6.90. The number of nitrogens with one attached hydrogen (secondary N) is 1. The average molecular weight is 280 g/mol. The van der Waals surface area contributed by atoms with Crippen molar-refractivity contribution in [3.63, 3.8) is 0 Å². The van der Waals surface area contributed by atoms with Gasteiger partial charge in [0.1, 0.15) is 0 Å². The quantitative estimate of drug-likeness (QED) is 0.770. The lowest BCUT2D eigenvalue weighted by Crippen LogP contribution is -2.46. The molecule has 0 spiro atoms. The van der Waals surface area contributed by atoms with Gasteiger partial charge in [-0.25, -0.2) is 0 Å². The largest absolute Gasteiger partial charge is 0.309 e. The van der Waals surface area contributed by atoms with E-state index in [4.69, 9.17) is 0 Å². The van der Waals surface area contributed by atoms with Crippen LogP contribution < -0.4 is 5.32 Å². The summed E-state index contributed by atoms with van der Waals surface area (Å²) in [6.45, 7) is 7.84. The lowest BCUT2D eigenvalue weighted by molar-refractivity contribution is 0.321. The highest BCUT2D eigenvalue weighted by Gasteiger charge is 2.17. The van der Waals surface area contributed by atoms with Crippen molar-refractivity contribution < 1.29 is 0 Å². The van der Waals surface area contributed by atoms with Gasteiger partial charge in [0.25, 0.3) is 0 Å². The van der Waals surface area contributed by atoms with Gasteiger partial charge < -0.3 is 10.2 Å². The second-order valence-corrected chi connectivity index (χ2v) is 7.40. The molecule has 0 heterocycles. The Hall–Kier alpha value is -0.510. The van der Waals surface area contributed by atoms with Gasteiger partial charge in [-0.1, -0.05) is 18.2 Å². The van der Waals surface area contributed by atoms with E-state index >= 15 is 0 Å². The molecule has 19 heavy (non-hydrogen) atoms. The first-order chi connectivity index (χ1) is 8.87. The van der Waals surface area contributed by atoms with Gasteiger partial charge in [0.15, 0.2) is 0 Å². The van der Waals surface area contributed by atoms with Crippen LogP contribution in [0, 0.1) is 0 Å². The molecule has 0 unspecified atom stereocenters.